The highest BCUT2D eigenvalue weighted by atomic mass is 15.1. The Hall–Kier alpha value is -4.17. The molecule has 0 amide bonds. The van der Waals surface area contributed by atoms with E-state index in [4.69, 9.17) is 4.98 Å². The second kappa shape index (κ2) is 9.60. The van der Waals surface area contributed by atoms with E-state index >= 15 is 0 Å². The van der Waals surface area contributed by atoms with Gasteiger partial charge in [0.15, 0.2) is 0 Å². The zero-order chi connectivity index (χ0) is 24.4. The lowest BCUT2D eigenvalue weighted by molar-refractivity contribution is 0.813. The second-order valence-corrected chi connectivity index (χ2v) is 9.17. The number of hydrogen-bond acceptors (Lipinski definition) is 1. The van der Waals surface area contributed by atoms with Gasteiger partial charge in [-0.25, -0.2) is 4.98 Å². The maximum absolute atomic E-state index is 5.36. The van der Waals surface area contributed by atoms with Crippen molar-refractivity contribution in [1.29, 1.82) is 0 Å². The van der Waals surface area contributed by atoms with Crippen LogP contribution in [0.5, 0.6) is 0 Å². The predicted molar refractivity (Wildman–Crippen MR) is 148 cm³/mol. The van der Waals surface area contributed by atoms with Gasteiger partial charge in [-0.3, -0.25) is 0 Å². The van der Waals surface area contributed by atoms with Crippen molar-refractivity contribution in [3.63, 3.8) is 0 Å². The van der Waals surface area contributed by atoms with Crippen molar-refractivity contribution in [1.82, 2.24) is 9.55 Å². The average molecular weight is 455 g/mol. The third-order valence-corrected chi connectivity index (χ3v) is 6.52. The summed E-state index contributed by atoms with van der Waals surface area (Å²) in [6.45, 7) is 11.2. The monoisotopic (exact) mass is 454 g/mol. The Morgan fingerprint density at radius 2 is 1.31 bits per heavy atom. The first kappa shape index (κ1) is 22.6. The number of aromatic nitrogens is 2. The summed E-state index contributed by atoms with van der Waals surface area (Å²) in [6, 6.07) is 34.3. The van der Waals surface area contributed by atoms with Crippen molar-refractivity contribution < 1.29 is 0 Å². The molecule has 0 unspecified atom stereocenters. The highest BCUT2D eigenvalue weighted by Gasteiger charge is 2.23. The standard InChI is InChI=1S/C33H30N2/c1-5-26-16-18-27(19-17-26)22-35-32(29-14-10-7-11-15-29)31(28-12-8-6-9-13-28)34-33(35)30-24(3)20-23(2)21-25(30)4/h5-21H,1,22H2,2-4H3. The van der Waals surface area contributed by atoms with Gasteiger partial charge in [0, 0.05) is 23.2 Å². The lowest BCUT2D eigenvalue weighted by atomic mass is 9.99. The molecular weight excluding hydrogens is 424 g/mol. The first-order valence-electron chi connectivity index (χ1n) is 12.1. The maximum Gasteiger partial charge on any atom is 0.142 e. The van der Waals surface area contributed by atoms with Crippen LogP contribution in [-0.2, 0) is 6.54 Å². The summed E-state index contributed by atoms with van der Waals surface area (Å²) in [7, 11) is 0. The SMILES string of the molecule is C=Cc1ccc(Cn2c(-c3c(C)cc(C)cc3C)nc(-c3ccccc3)c2-c2ccccc2)cc1. The Bertz CT molecular complexity index is 1450. The minimum Gasteiger partial charge on any atom is -0.319 e. The van der Waals surface area contributed by atoms with E-state index in [1.807, 2.05) is 6.08 Å². The highest BCUT2D eigenvalue weighted by molar-refractivity contribution is 5.83. The molecule has 0 spiro atoms. The molecule has 35 heavy (non-hydrogen) atoms. The van der Waals surface area contributed by atoms with Crippen LogP contribution in [0, 0.1) is 20.8 Å². The van der Waals surface area contributed by atoms with Crippen LogP contribution in [0.25, 0.3) is 40.0 Å². The van der Waals surface area contributed by atoms with E-state index in [-0.39, 0.29) is 0 Å². The molecule has 1 aromatic heterocycles. The molecule has 0 saturated heterocycles. The number of benzene rings is 4. The fourth-order valence-electron chi connectivity index (χ4n) is 4.96. The Kier molecular flexibility index (Phi) is 6.20. The Labute approximate surface area is 208 Å². The third kappa shape index (κ3) is 4.48. The molecule has 4 aromatic carbocycles. The van der Waals surface area contributed by atoms with Crippen LogP contribution in [0.15, 0.2) is 104 Å². The number of nitrogens with zero attached hydrogens (tertiary/aromatic N) is 2. The van der Waals surface area contributed by atoms with Crippen LogP contribution in [0.2, 0.25) is 0 Å². The molecule has 5 aromatic rings. The second-order valence-electron chi connectivity index (χ2n) is 9.17. The molecule has 0 N–H and O–H groups in total. The highest BCUT2D eigenvalue weighted by Crippen LogP contribution is 2.39. The topological polar surface area (TPSA) is 17.8 Å². The minimum atomic E-state index is 0.726. The Morgan fingerprint density at radius 1 is 0.743 bits per heavy atom. The summed E-state index contributed by atoms with van der Waals surface area (Å²) in [5, 5.41) is 0. The largest absolute Gasteiger partial charge is 0.319 e. The van der Waals surface area contributed by atoms with Gasteiger partial charge in [-0.05, 0) is 43.0 Å². The van der Waals surface area contributed by atoms with E-state index in [0.29, 0.717) is 0 Å². The average Bonchev–Trinajstić information content (AvgIpc) is 3.23. The summed E-state index contributed by atoms with van der Waals surface area (Å²) in [5.41, 5.74) is 11.8. The molecule has 5 rings (SSSR count). The van der Waals surface area contributed by atoms with Crippen molar-refractivity contribution in [3.8, 4) is 33.9 Å². The number of aryl methyl sites for hydroxylation is 3. The smallest absolute Gasteiger partial charge is 0.142 e. The molecule has 0 aliphatic carbocycles. The normalized spacial score (nSPS) is 10.9. The molecular formula is C33H30N2. The molecule has 0 aliphatic heterocycles. The molecule has 172 valence electrons. The molecule has 2 heteroatoms. The van der Waals surface area contributed by atoms with Crippen LogP contribution < -0.4 is 0 Å². The molecule has 0 radical (unpaired) electrons. The number of imidazole rings is 1. The molecule has 0 bridgehead atoms. The fraction of sp³-hybridized carbons (Fsp3) is 0.121. The Morgan fingerprint density at radius 3 is 1.89 bits per heavy atom. The van der Waals surface area contributed by atoms with Gasteiger partial charge in [-0.2, -0.15) is 0 Å². The van der Waals surface area contributed by atoms with Crippen molar-refractivity contribution >= 4 is 6.08 Å². The molecule has 0 saturated carbocycles. The third-order valence-electron chi connectivity index (χ3n) is 6.52. The van der Waals surface area contributed by atoms with Crippen LogP contribution in [0.1, 0.15) is 27.8 Å². The van der Waals surface area contributed by atoms with Gasteiger partial charge in [0.25, 0.3) is 0 Å². The van der Waals surface area contributed by atoms with Crippen molar-refractivity contribution in [2.75, 3.05) is 0 Å². The molecule has 0 fully saturated rings. The quantitative estimate of drug-likeness (QED) is 0.251. The molecule has 2 nitrogen and oxygen atoms in total. The minimum absolute atomic E-state index is 0.726. The van der Waals surface area contributed by atoms with Gasteiger partial charge >= 0.3 is 0 Å². The summed E-state index contributed by atoms with van der Waals surface area (Å²) in [4.78, 5) is 5.36. The van der Waals surface area contributed by atoms with Gasteiger partial charge in [0.05, 0.1) is 11.4 Å². The van der Waals surface area contributed by atoms with E-state index in [0.717, 1.165) is 40.4 Å². The Balaban J connectivity index is 1.82. The first-order chi connectivity index (χ1) is 17.0. The summed E-state index contributed by atoms with van der Waals surface area (Å²) in [5.74, 6) is 1.01. The zero-order valence-corrected chi connectivity index (χ0v) is 20.6. The van der Waals surface area contributed by atoms with Crippen molar-refractivity contribution in [2.24, 2.45) is 0 Å². The lowest BCUT2D eigenvalue weighted by Crippen LogP contribution is -2.06. The predicted octanol–water partition coefficient (Wildman–Crippen LogP) is 8.50. The van der Waals surface area contributed by atoms with Gasteiger partial charge in [-0.15, -0.1) is 0 Å². The van der Waals surface area contributed by atoms with Crippen LogP contribution in [0.4, 0.5) is 0 Å². The fourth-order valence-corrected chi connectivity index (χ4v) is 4.96. The van der Waals surface area contributed by atoms with Crippen LogP contribution >= 0.6 is 0 Å². The van der Waals surface area contributed by atoms with Gasteiger partial charge in [0.1, 0.15) is 5.82 Å². The van der Waals surface area contributed by atoms with E-state index < -0.39 is 0 Å². The molecule has 1 heterocycles. The van der Waals surface area contributed by atoms with E-state index in [1.54, 1.807) is 0 Å². The van der Waals surface area contributed by atoms with E-state index in [9.17, 15) is 0 Å². The van der Waals surface area contributed by atoms with Gasteiger partial charge in [0.2, 0.25) is 0 Å². The van der Waals surface area contributed by atoms with E-state index in [1.165, 1.54) is 27.8 Å². The van der Waals surface area contributed by atoms with Gasteiger partial charge in [-0.1, -0.05) is 115 Å². The number of rotatable bonds is 6. The molecule has 0 atom stereocenters. The number of hydrogen-bond donors (Lipinski definition) is 0. The van der Waals surface area contributed by atoms with E-state index in [2.05, 4.69) is 129 Å². The molecule has 0 aliphatic rings. The maximum atomic E-state index is 5.36. The van der Waals surface area contributed by atoms with Crippen LogP contribution in [-0.4, -0.2) is 9.55 Å². The summed E-state index contributed by atoms with van der Waals surface area (Å²) >= 11 is 0. The van der Waals surface area contributed by atoms with Gasteiger partial charge < -0.3 is 4.57 Å². The lowest BCUT2D eigenvalue weighted by Gasteiger charge is -2.16. The van der Waals surface area contributed by atoms with Crippen LogP contribution in [0.3, 0.4) is 0 Å². The van der Waals surface area contributed by atoms with Crippen molar-refractivity contribution in [2.45, 2.75) is 27.3 Å². The first-order valence-corrected chi connectivity index (χ1v) is 12.1. The van der Waals surface area contributed by atoms with Crippen molar-refractivity contribution in [3.05, 3.63) is 131 Å². The summed E-state index contributed by atoms with van der Waals surface area (Å²) in [6.07, 6.45) is 1.88. The zero-order valence-electron chi connectivity index (χ0n) is 20.6. The summed E-state index contributed by atoms with van der Waals surface area (Å²) < 4.78 is 2.39.